The Labute approximate surface area is 136 Å². The first-order chi connectivity index (χ1) is 11.0. The van der Waals surface area contributed by atoms with E-state index in [0.29, 0.717) is 11.3 Å². The number of likely N-dealkylation sites (N-methyl/N-ethyl adjacent to an activating group) is 1. The second-order valence-electron chi connectivity index (χ2n) is 6.14. The van der Waals surface area contributed by atoms with Gasteiger partial charge in [0.25, 0.3) is 5.91 Å². The number of benzene rings is 1. The fourth-order valence-electron chi connectivity index (χ4n) is 2.93. The van der Waals surface area contributed by atoms with Crippen molar-refractivity contribution in [3.8, 4) is 0 Å². The van der Waals surface area contributed by atoms with Gasteiger partial charge in [0, 0.05) is 43.1 Å². The van der Waals surface area contributed by atoms with Crippen LogP contribution in [0.25, 0.3) is 0 Å². The molecule has 2 heterocycles. The van der Waals surface area contributed by atoms with Gasteiger partial charge >= 0.3 is 0 Å². The number of nitrogens with zero attached hydrogens (tertiary/aromatic N) is 2. The van der Waals surface area contributed by atoms with E-state index in [1.54, 1.807) is 13.2 Å². The van der Waals surface area contributed by atoms with Gasteiger partial charge in [0.1, 0.15) is 5.76 Å². The monoisotopic (exact) mass is 313 g/mol. The van der Waals surface area contributed by atoms with E-state index in [0.717, 1.165) is 37.4 Å². The van der Waals surface area contributed by atoms with Crippen molar-refractivity contribution in [2.24, 2.45) is 0 Å². The summed E-state index contributed by atoms with van der Waals surface area (Å²) >= 11 is 0. The van der Waals surface area contributed by atoms with Gasteiger partial charge in [-0.15, -0.1) is 0 Å². The van der Waals surface area contributed by atoms with E-state index in [9.17, 15) is 4.79 Å². The van der Waals surface area contributed by atoms with Crippen LogP contribution in [0.2, 0.25) is 0 Å². The van der Waals surface area contributed by atoms with Crippen molar-refractivity contribution < 1.29 is 9.21 Å². The summed E-state index contributed by atoms with van der Waals surface area (Å²) in [5, 5.41) is 2.94. The summed E-state index contributed by atoms with van der Waals surface area (Å²) in [6.07, 6.45) is 1.61. The Morgan fingerprint density at radius 1 is 1.09 bits per heavy atom. The van der Waals surface area contributed by atoms with Gasteiger partial charge in [0.05, 0.1) is 11.8 Å². The van der Waals surface area contributed by atoms with Gasteiger partial charge in [-0.1, -0.05) is 0 Å². The highest BCUT2D eigenvalue weighted by Crippen LogP contribution is 2.21. The lowest BCUT2D eigenvalue weighted by Gasteiger charge is -2.34. The Morgan fingerprint density at radius 3 is 2.30 bits per heavy atom. The quantitative estimate of drug-likeness (QED) is 0.946. The summed E-state index contributed by atoms with van der Waals surface area (Å²) in [4.78, 5) is 17.1. The maximum Gasteiger partial charge on any atom is 0.259 e. The van der Waals surface area contributed by atoms with Crippen LogP contribution in [-0.4, -0.2) is 44.0 Å². The fraction of sp³-hybridized carbons (Fsp3) is 0.389. The molecule has 0 bridgehead atoms. The van der Waals surface area contributed by atoms with Crippen molar-refractivity contribution in [1.82, 2.24) is 4.90 Å². The van der Waals surface area contributed by atoms with E-state index >= 15 is 0 Å². The number of hydrogen-bond donors (Lipinski definition) is 1. The number of hydrogen-bond acceptors (Lipinski definition) is 4. The van der Waals surface area contributed by atoms with Crippen LogP contribution < -0.4 is 10.2 Å². The first kappa shape index (κ1) is 15.6. The van der Waals surface area contributed by atoms with Crippen LogP contribution in [0.4, 0.5) is 11.4 Å². The predicted octanol–water partition coefficient (Wildman–Crippen LogP) is 2.90. The Kier molecular flexibility index (Phi) is 4.39. The molecule has 23 heavy (non-hydrogen) atoms. The molecule has 0 unspecified atom stereocenters. The second kappa shape index (κ2) is 6.46. The summed E-state index contributed by atoms with van der Waals surface area (Å²) in [6, 6.07) is 8.04. The molecule has 1 aliphatic heterocycles. The van der Waals surface area contributed by atoms with E-state index in [-0.39, 0.29) is 5.91 Å². The summed E-state index contributed by atoms with van der Waals surface area (Å²) in [6.45, 7) is 7.92. The zero-order valence-electron chi connectivity index (χ0n) is 13.9. The molecular weight excluding hydrogens is 290 g/mol. The normalized spacial score (nSPS) is 15.7. The maximum absolute atomic E-state index is 12.4. The Hall–Kier alpha value is -2.27. The van der Waals surface area contributed by atoms with Gasteiger partial charge in [0.15, 0.2) is 0 Å². The van der Waals surface area contributed by atoms with Gasteiger partial charge in [-0.05, 0) is 45.2 Å². The van der Waals surface area contributed by atoms with Crippen LogP contribution in [0.5, 0.6) is 0 Å². The summed E-state index contributed by atoms with van der Waals surface area (Å²) in [7, 11) is 2.15. The molecule has 5 heteroatoms. The lowest BCUT2D eigenvalue weighted by Crippen LogP contribution is -2.44. The number of anilines is 2. The van der Waals surface area contributed by atoms with Gasteiger partial charge in [-0.2, -0.15) is 0 Å². The smallest absolute Gasteiger partial charge is 0.259 e. The zero-order chi connectivity index (χ0) is 16.4. The number of furan rings is 1. The van der Waals surface area contributed by atoms with Gasteiger partial charge in [0.2, 0.25) is 0 Å². The molecule has 1 aromatic heterocycles. The lowest BCUT2D eigenvalue weighted by molar-refractivity contribution is 0.102. The standard InChI is InChI=1S/C18H23N3O2/c1-13-12-23-14(2)17(13)18(22)19-15-4-6-16(7-5-15)21-10-8-20(3)9-11-21/h4-7,12H,8-11H2,1-3H3,(H,19,22). The van der Waals surface area contributed by atoms with Crippen LogP contribution in [0, 0.1) is 13.8 Å². The average molecular weight is 313 g/mol. The third-order valence-corrected chi connectivity index (χ3v) is 4.38. The molecule has 2 aromatic rings. The number of rotatable bonds is 3. The highest BCUT2D eigenvalue weighted by atomic mass is 16.3. The third kappa shape index (κ3) is 3.40. The van der Waals surface area contributed by atoms with Crippen LogP contribution in [0.1, 0.15) is 21.7 Å². The minimum Gasteiger partial charge on any atom is -0.469 e. The molecule has 0 atom stereocenters. The molecular formula is C18H23N3O2. The van der Waals surface area contributed by atoms with E-state index in [1.165, 1.54) is 5.69 Å². The number of aryl methyl sites for hydroxylation is 2. The first-order valence-electron chi connectivity index (χ1n) is 7.94. The first-order valence-corrected chi connectivity index (χ1v) is 7.94. The molecule has 1 amide bonds. The Balaban J connectivity index is 1.67. The zero-order valence-corrected chi connectivity index (χ0v) is 13.9. The molecule has 1 fully saturated rings. The van der Waals surface area contributed by atoms with E-state index in [1.807, 2.05) is 19.1 Å². The molecule has 1 N–H and O–H groups in total. The van der Waals surface area contributed by atoms with Crippen molar-refractivity contribution in [2.75, 3.05) is 43.4 Å². The van der Waals surface area contributed by atoms with E-state index < -0.39 is 0 Å². The molecule has 5 nitrogen and oxygen atoms in total. The minimum atomic E-state index is -0.124. The van der Waals surface area contributed by atoms with E-state index in [2.05, 4.69) is 34.3 Å². The molecule has 1 aromatic carbocycles. The average Bonchev–Trinajstić information content (AvgIpc) is 2.88. The predicted molar refractivity (Wildman–Crippen MR) is 92.3 cm³/mol. The molecule has 0 aliphatic carbocycles. The van der Waals surface area contributed by atoms with Crippen molar-refractivity contribution >= 4 is 17.3 Å². The molecule has 3 rings (SSSR count). The lowest BCUT2D eigenvalue weighted by atomic mass is 10.1. The number of carbonyl (C=O) groups is 1. The Morgan fingerprint density at radius 2 is 1.74 bits per heavy atom. The summed E-state index contributed by atoms with van der Waals surface area (Å²) in [5.41, 5.74) is 3.47. The number of nitrogens with one attached hydrogen (secondary N) is 1. The topological polar surface area (TPSA) is 48.7 Å². The number of amides is 1. The summed E-state index contributed by atoms with van der Waals surface area (Å²) < 4.78 is 5.29. The SMILES string of the molecule is Cc1coc(C)c1C(=O)Nc1ccc(N2CCN(C)CC2)cc1. The molecule has 0 saturated carbocycles. The van der Waals surface area contributed by atoms with Gasteiger partial charge < -0.3 is 19.5 Å². The molecule has 1 saturated heterocycles. The Bertz CT molecular complexity index is 663. The molecule has 0 radical (unpaired) electrons. The third-order valence-electron chi connectivity index (χ3n) is 4.38. The second-order valence-corrected chi connectivity index (χ2v) is 6.14. The number of piperazine rings is 1. The van der Waals surface area contributed by atoms with Crippen molar-refractivity contribution in [3.05, 3.63) is 47.4 Å². The molecule has 1 aliphatic rings. The number of carbonyl (C=O) groups excluding carboxylic acids is 1. The minimum absolute atomic E-state index is 0.124. The van der Waals surface area contributed by atoms with Gasteiger partial charge in [-0.25, -0.2) is 0 Å². The van der Waals surface area contributed by atoms with Gasteiger partial charge in [-0.3, -0.25) is 4.79 Å². The van der Waals surface area contributed by atoms with Crippen LogP contribution >= 0.6 is 0 Å². The summed E-state index contributed by atoms with van der Waals surface area (Å²) in [5.74, 6) is 0.523. The largest absolute Gasteiger partial charge is 0.469 e. The van der Waals surface area contributed by atoms with Crippen LogP contribution in [0.3, 0.4) is 0 Å². The molecule has 122 valence electrons. The maximum atomic E-state index is 12.4. The van der Waals surface area contributed by atoms with Crippen molar-refractivity contribution in [3.63, 3.8) is 0 Å². The van der Waals surface area contributed by atoms with E-state index in [4.69, 9.17) is 4.42 Å². The molecule has 0 spiro atoms. The fourth-order valence-corrected chi connectivity index (χ4v) is 2.93. The van der Waals surface area contributed by atoms with Crippen molar-refractivity contribution in [2.45, 2.75) is 13.8 Å². The van der Waals surface area contributed by atoms with Crippen molar-refractivity contribution in [1.29, 1.82) is 0 Å². The highest BCUT2D eigenvalue weighted by molar-refractivity contribution is 6.06. The highest BCUT2D eigenvalue weighted by Gasteiger charge is 2.17. The van der Waals surface area contributed by atoms with Crippen LogP contribution in [0.15, 0.2) is 34.9 Å². The van der Waals surface area contributed by atoms with Crippen LogP contribution in [-0.2, 0) is 0 Å².